The lowest BCUT2D eigenvalue weighted by Crippen LogP contribution is -2.47. The minimum atomic E-state index is -0.861. The number of urea groups is 1. The van der Waals surface area contributed by atoms with Gasteiger partial charge in [0.2, 0.25) is 23.6 Å². The van der Waals surface area contributed by atoms with Gasteiger partial charge in [-0.3, -0.25) is 19.2 Å². The van der Waals surface area contributed by atoms with Crippen LogP contribution in [0.2, 0.25) is 0 Å². The molecule has 2 aromatic rings. The van der Waals surface area contributed by atoms with Crippen molar-refractivity contribution in [3.8, 4) is 0 Å². The zero-order valence-electron chi connectivity index (χ0n) is 27.4. The van der Waals surface area contributed by atoms with E-state index in [0.29, 0.717) is 37.8 Å². The van der Waals surface area contributed by atoms with Crippen molar-refractivity contribution in [2.24, 2.45) is 5.73 Å². The summed E-state index contributed by atoms with van der Waals surface area (Å²) in [6.45, 7) is 1.49. The number of H-pyrrole nitrogens is 1. The van der Waals surface area contributed by atoms with Crippen molar-refractivity contribution in [1.29, 1.82) is 0 Å². The zero-order valence-corrected chi connectivity index (χ0v) is 28.2. The maximum absolute atomic E-state index is 12.3. The van der Waals surface area contributed by atoms with Crippen LogP contribution >= 0.6 is 11.8 Å². The maximum atomic E-state index is 12.3. The Morgan fingerprint density at radius 1 is 0.896 bits per heavy atom. The SMILES string of the molecule is NC(=O)[C@H](Cc1c[nH]c2ccccc12)NC(=O)COCCOCCNC(=O)CCCCCNC(=O)CCCC[C@@H]1SC[C@@H]2NC(=O)N[C@@H]21. The fourth-order valence-electron chi connectivity index (χ4n) is 5.89. The van der Waals surface area contributed by atoms with Crippen molar-refractivity contribution in [1.82, 2.24) is 31.6 Å². The first-order chi connectivity index (χ1) is 23.3. The minimum absolute atomic E-state index is 0.0492. The van der Waals surface area contributed by atoms with Gasteiger partial charge in [-0.2, -0.15) is 11.8 Å². The molecule has 2 fully saturated rings. The maximum Gasteiger partial charge on any atom is 0.315 e. The molecule has 4 atom stereocenters. The van der Waals surface area contributed by atoms with E-state index in [-0.39, 0.29) is 56.2 Å². The van der Waals surface area contributed by atoms with Crippen LogP contribution in [0.25, 0.3) is 10.9 Å². The van der Waals surface area contributed by atoms with Crippen LogP contribution in [0, 0.1) is 0 Å². The van der Waals surface area contributed by atoms with Crippen LogP contribution in [-0.4, -0.2) is 103 Å². The van der Waals surface area contributed by atoms with Crippen molar-refractivity contribution < 1.29 is 33.4 Å². The number of unbranched alkanes of at least 4 members (excludes halogenated alkanes) is 3. The highest BCUT2D eigenvalue weighted by Gasteiger charge is 2.42. The number of carbonyl (C=O) groups excluding carboxylic acids is 5. The number of ether oxygens (including phenoxy) is 2. The van der Waals surface area contributed by atoms with Gasteiger partial charge >= 0.3 is 6.03 Å². The number of hydrogen-bond acceptors (Lipinski definition) is 8. The van der Waals surface area contributed by atoms with E-state index in [4.69, 9.17) is 15.2 Å². The molecule has 2 aliphatic rings. The average molecular weight is 688 g/mol. The normalized spacial score (nSPS) is 18.9. The van der Waals surface area contributed by atoms with E-state index in [9.17, 15) is 24.0 Å². The van der Waals surface area contributed by atoms with E-state index in [1.807, 2.05) is 36.0 Å². The fourth-order valence-corrected chi connectivity index (χ4v) is 7.44. The molecule has 0 aliphatic carbocycles. The highest BCUT2D eigenvalue weighted by Crippen LogP contribution is 2.33. The summed E-state index contributed by atoms with van der Waals surface area (Å²) in [6, 6.07) is 7.20. The average Bonchev–Trinajstić information content (AvgIpc) is 3.76. The van der Waals surface area contributed by atoms with Crippen LogP contribution in [0.5, 0.6) is 0 Å². The molecule has 0 unspecified atom stereocenters. The van der Waals surface area contributed by atoms with E-state index in [1.54, 1.807) is 6.20 Å². The Morgan fingerprint density at radius 2 is 1.65 bits per heavy atom. The van der Waals surface area contributed by atoms with Crippen molar-refractivity contribution in [2.45, 2.75) is 81.2 Å². The zero-order chi connectivity index (χ0) is 34.1. The van der Waals surface area contributed by atoms with Crippen molar-refractivity contribution in [2.75, 3.05) is 45.3 Å². The second-order valence-electron chi connectivity index (χ2n) is 12.1. The number of amides is 6. The monoisotopic (exact) mass is 687 g/mol. The van der Waals surface area contributed by atoms with E-state index < -0.39 is 17.9 Å². The Labute approximate surface area is 285 Å². The summed E-state index contributed by atoms with van der Waals surface area (Å²) in [6.07, 6.45) is 8.20. The summed E-state index contributed by atoms with van der Waals surface area (Å²) >= 11 is 1.89. The minimum Gasteiger partial charge on any atom is -0.377 e. The lowest BCUT2D eigenvalue weighted by Gasteiger charge is -2.16. The van der Waals surface area contributed by atoms with E-state index >= 15 is 0 Å². The molecule has 14 nitrogen and oxygen atoms in total. The molecular weight excluding hydrogens is 638 g/mol. The van der Waals surface area contributed by atoms with Crippen LogP contribution in [0.15, 0.2) is 30.5 Å². The number of aromatic nitrogens is 1. The van der Waals surface area contributed by atoms with Gasteiger partial charge in [-0.15, -0.1) is 0 Å². The molecule has 264 valence electrons. The Morgan fingerprint density at radius 3 is 2.46 bits per heavy atom. The first kappa shape index (κ1) is 37.0. The summed E-state index contributed by atoms with van der Waals surface area (Å²) in [4.78, 5) is 63.0. The summed E-state index contributed by atoms with van der Waals surface area (Å²) in [5.74, 6) is -0.117. The van der Waals surface area contributed by atoms with Crippen molar-refractivity contribution >= 4 is 52.3 Å². The van der Waals surface area contributed by atoms with E-state index in [1.165, 1.54) is 0 Å². The Bertz CT molecular complexity index is 1370. The molecule has 0 spiro atoms. The molecule has 2 aliphatic heterocycles. The van der Waals surface area contributed by atoms with Crippen LogP contribution in [0.4, 0.5) is 4.79 Å². The second-order valence-corrected chi connectivity index (χ2v) is 13.4. The number of thioether (sulfide) groups is 1. The number of benzene rings is 1. The van der Waals surface area contributed by atoms with Gasteiger partial charge in [-0.25, -0.2) is 4.79 Å². The molecule has 0 bridgehead atoms. The number of fused-ring (bicyclic) bond motifs is 2. The van der Waals surface area contributed by atoms with Gasteiger partial charge in [0.05, 0.1) is 31.9 Å². The van der Waals surface area contributed by atoms with Gasteiger partial charge in [0.15, 0.2) is 0 Å². The molecule has 8 N–H and O–H groups in total. The lowest BCUT2D eigenvalue weighted by atomic mass is 10.0. The van der Waals surface area contributed by atoms with Gasteiger partial charge in [0, 0.05) is 60.5 Å². The molecule has 15 heteroatoms. The molecule has 48 heavy (non-hydrogen) atoms. The number of rotatable bonds is 23. The predicted molar refractivity (Wildman–Crippen MR) is 183 cm³/mol. The first-order valence-electron chi connectivity index (χ1n) is 16.8. The number of nitrogens with one attached hydrogen (secondary N) is 6. The second kappa shape index (κ2) is 19.9. The highest BCUT2D eigenvalue weighted by molar-refractivity contribution is 8.00. The van der Waals surface area contributed by atoms with Crippen molar-refractivity contribution in [3.63, 3.8) is 0 Å². The molecule has 1 aromatic carbocycles. The topological polar surface area (TPSA) is 206 Å². The first-order valence-corrected chi connectivity index (χ1v) is 17.9. The largest absolute Gasteiger partial charge is 0.377 e. The molecule has 4 rings (SSSR count). The third-order valence-corrected chi connectivity index (χ3v) is 9.94. The molecule has 0 saturated carbocycles. The standard InChI is InChI=1S/C33H49N7O7S/c34-32(44)25(18-22-19-37-24-9-4-3-8-23(22)24)38-30(43)20-47-17-16-46-15-14-36-29(42)11-2-1-7-13-35-28(41)12-6-5-10-27-31-26(21-48-27)39-33(45)40-31/h3-4,8-9,19,25-27,31,37H,1-2,5-7,10-18,20-21H2,(H2,34,44)(H,35,41)(H,36,42)(H,38,43)(H2,39,40,45)/t25-,26-,27-,31-/m0/s1. The summed E-state index contributed by atoms with van der Waals surface area (Å²) < 4.78 is 10.8. The third-order valence-electron chi connectivity index (χ3n) is 8.43. The number of hydrogen-bond donors (Lipinski definition) is 7. The molecule has 3 heterocycles. The lowest BCUT2D eigenvalue weighted by molar-refractivity contribution is -0.130. The molecule has 1 aromatic heterocycles. The van der Waals surface area contributed by atoms with Crippen LogP contribution in [-0.2, 0) is 35.1 Å². The van der Waals surface area contributed by atoms with Crippen LogP contribution in [0.3, 0.4) is 0 Å². The smallest absolute Gasteiger partial charge is 0.315 e. The summed E-state index contributed by atoms with van der Waals surface area (Å²) in [5.41, 5.74) is 7.33. The third kappa shape index (κ3) is 12.3. The quantitative estimate of drug-likeness (QED) is 0.0667. The number of primary amides is 1. The molecule has 6 amide bonds. The van der Waals surface area contributed by atoms with Crippen molar-refractivity contribution in [3.05, 3.63) is 36.0 Å². The molecule has 2 saturated heterocycles. The van der Waals surface area contributed by atoms with Gasteiger partial charge in [-0.05, 0) is 37.3 Å². The van der Waals surface area contributed by atoms with E-state index in [2.05, 4.69) is 31.6 Å². The molecule has 0 radical (unpaired) electrons. The number of carbonyl (C=O) groups is 5. The number of nitrogens with two attached hydrogens (primary N) is 1. The fraction of sp³-hybridized carbons (Fsp3) is 0.606. The highest BCUT2D eigenvalue weighted by atomic mass is 32.2. The summed E-state index contributed by atoms with van der Waals surface area (Å²) in [7, 11) is 0. The number of aromatic amines is 1. The Balaban J connectivity index is 0.910. The predicted octanol–water partition coefficient (Wildman–Crippen LogP) is 1.23. The van der Waals surface area contributed by atoms with Crippen LogP contribution < -0.4 is 32.3 Å². The Hall–Kier alpha value is -3.82. The van der Waals surface area contributed by atoms with Gasteiger partial charge < -0.3 is 46.8 Å². The van der Waals surface area contributed by atoms with E-state index in [0.717, 1.165) is 60.7 Å². The summed E-state index contributed by atoms with van der Waals surface area (Å²) in [5, 5.41) is 15.7. The Kier molecular flexibility index (Phi) is 15.3. The number of para-hydroxylation sites is 1. The molecular formula is C33H49N7O7S. The van der Waals surface area contributed by atoms with Gasteiger partial charge in [0.25, 0.3) is 0 Å². The van der Waals surface area contributed by atoms with Gasteiger partial charge in [-0.1, -0.05) is 31.0 Å². The van der Waals surface area contributed by atoms with Crippen LogP contribution in [0.1, 0.15) is 56.9 Å². The van der Waals surface area contributed by atoms with Gasteiger partial charge in [0.1, 0.15) is 12.6 Å².